The molecule has 0 radical (unpaired) electrons. The summed E-state index contributed by atoms with van der Waals surface area (Å²) in [6, 6.07) is 10.2. The molecule has 1 aliphatic rings. The van der Waals surface area contributed by atoms with Crippen molar-refractivity contribution >= 4 is 5.97 Å². The summed E-state index contributed by atoms with van der Waals surface area (Å²) in [5.41, 5.74) is 0.732. The van der Waals surface area contributed by atoms with Gasteiger partial charge in [0.1, 0.15) is 5.60 Å². The first kappa shape index (κ1) is 22.4. The summed E-state index contributed by atoms with van der Waals surface area (Å²) in [6.07, 6.45) is 10.3. The number of benzene rings is 1. The Morgan fingerprint density at radius 2 is 2.04 bits per heavy atom. The first-order valence-electron chi connectivity index (χ1n) is 10.1. The maximum Gasteiger partial charge on any atom is 0.330 e. The molecule has 0 amide bonds. The number of rotatable bonds is 9. The van der Waals surface area contributed by atoms with Crippen LogP contribution in [0.1, 0.15) is 52.5 Å². The van der Waals surface area contributed by atoms with Gasteiger partial charge in [0.25, 0.3) is 0 Å². The summed E-state index contributed by atoms with van der Waals surface area (Å²) in [5.74, 6) is 0.117. The second kappa shape index (κ2) is 11.2. The lowest BCUT2D eigenvalue weighted by molar-refractivity contribution is -0.148. The predicted octanol–water partition coefficient (Wildman–Crippen LogP) is 5.23. The lowest BCUT2D eigenvalue weighted by Gasteiger charge is -2.27. The molecule has 154 valence electrons. The average Bonchev–Trinajstić information content (AvgIpc) is 2.61. The number of ether oxygens (including phenoxy) is 3. The Hall–Kier alpha value is -1.91. The van der Waals surface area contributed by atoms with Crippen LogP contribution in [0.2, 0.25) is 0 Å². The minimum atomic E-state index is -0.466. The zero-order chi connectivity index (χ0) is 20.4. The smallest absolute Gasteiger partial charge is 0.330 e. The first-order chi connectivity index (χ1) is 13.3. The van der Waals surface area contributed by atoms with E-state index in [1.54, 1.807) is 0 Å². The Morgan fingerprint density at radius 3 is 2.75 bits per heavy atom. The quantitative estimate of drug-likeness (QED) is 0.331. The van der Waals surface area contributed by atoms with E-state index in [2.05, 4.69) is 31.2 Å². The Labute approximate surface area is 169 Å². The Kier molecular flexibility index (Phi) is 8.94. The molecule has 1 heterocycles. The molecule has 0 aliphatic carbocycles. The molecule has 0 bridgehead atoms. The predicted molar refractivity (Wildman–Crippen MR) is 112 cm³/mol. The Morgan fingerprint density at radius 1 is 1.29 bits per heavy atom. The molecular weight excluding hydrogens is 352 g/mol. The SMILES string of the molecule is C[C@@H](COCc1ccccc1)C[C@@H]1CC=C[C@@H](C/C=C\C(=O)OC(C)(C)C)O1. The normalized spacial score (nSPS) is 21.0. The zero-order valence-electron chi connectivity index (χ0n) is 17.6. The van der Waals surface area contributed by atoms with Crippen molar-refractivity contribution < 1.29 is 19.0 Å². The number of carbonyl (C=O) groups is 1. The van der Waals surface area contributed by atoms with Crippen LogP contribution in [0.25, 0.3) is 0 Å². The molecule has 0 N–H and O–H groups in total. The highest BCUT2D eigenvalue weighted by molar-refractivity contribution is 5.82. The molecule has 4 nitrogen and oxygen atoms in total. The summed E-state index contributed by atoms with van der Waals surface area (Å²) in [4.78, 5) is 11.7. The highest BCUT2D eigenvalue weighted by Crippen LogP contribution is 2.21. The molecule has 4 heteroatoms. The van der Waals surface area contributed by atoms with E-state index in [9.17, 15) is 4.79 Å². The van der Waals surface area contributed by atoms with Gasteiger partial charge in [0.05, 0.1) is 18.8 Å². The van der Waals surface area contributed by atoms with Crippen LogP contribution in [0, 0.1) is 5.92 Å². The second-order valence-corrected chi connectivity index (χ2v) is 8.47. The highest BCUT2D eigenvalue weighted by atomic mass is 16.6. The Bertz CT molecular complexity index is 642. The number of hydrogen-bond acceptors (Lipinski definition) is 4. The van der Waals surface area contributed by atoms with Gasteiger partial charge in [-0.1, -0.05) is 55.5 Å². The van der Waals surface area contributed by atoms with Crippen molar-refractivity contribution in [2.24, 2.45) is 5.92 Å². The number of esters is 1. The van der Waals surface area contributed by atoms with E-state index in [0.29, 0.717) is 18.9 Å². The largest absolute Gasteiger partial charge is 0.457 e. The third-order valence-corrected chi connectivity index (χ3v) is 4.33. The fourth-order valence-electron chi connectivity index (χ4n) is 3.12. The van der Waals surface area contributed by atoms with Crippen LogP contribution in [0.4, 0.5) is 0 Å². The fraction of sp³-hybridized carbons (Fsp3) is 0.542. The van der Waals surface area contributed by atoms with Crippen molar-refractivity contribution in [1.29, 1.82) is 0 Å². The molecule has 1 aliphatic heterocycles. The van der Waals surface area contributed by atoms with Crippen molar-refractivity contribution in [3.8, 4) is 0 Å². The summed E-state index contributed by atoms with van der Waals surface area (Å²) in [5, 5.41) is 0. The van der Waals surface area contributed by atoms with Gasteiger partial charge < -0.3 is 14.2 Å². The number of carbonyl (C=O) groups excluding carboxylic acids is 1. The van der Waals surface area contributed by atoms with Gasteiger partial charge in [0.2, 0.25) is 0 Å². The summed E-state index contributed by atoms with van der Waals surface area (Å²) < 4.78 is 17.3. The molecule has 1 aromatic carbocycles. The maximum absolute atomic E-state index is 11.7. The van der Waals surface area contributed by atoms with Gasteiger partial charge in [-0.05, 0) is 51.5 Å². The summed E-state index contributed by atoms with van der Waals surface area (Å²) in [7, 11) is 0. The molecule has 1 aromatic rings. The van der Waals surface area contributed by atoms with Crippen molar-refractivity contribution in [1.82, 2.24) is 0 Å². The van der Waals surface area contributed by atoms with Crippen molar-refractivity contribution in [3.05, 3.63) is 60.2 Å². The zero-order valence-corrected chi connectivity index (χ0v) is 17.6. The molecular formula is C24H34O4. The van der Waals surface area contributed by atoms with Gasteiger partial charge in [-0.3, -0.25) is 0 Å². The van der Waals surface area contributed by atoms with E-state index in [4.69, 9.17) is 14.2 Å². The van der Waals surface area contributed by atoms with Crippen molar-refractivity contribution in [2.75, 3.05) is 6.61 Å². The Balaban J connectivity index is 1.67. The molecule has 2 rings (SSSR count). The van der Waals surface area contributed by atoms with E-state index in [1.165, 1.54) is 11.6 Å². The minimum absolute atomic E-state index is 0.00914. The molecule has 0 spiro atoms. The van der Waals surface area contributed by atoms with Crippen LogP contribution in [-0.2, 0) is 25.6 Å². The fourth-order valence-corrected chi connectivity index (χ4v) is 3.12. The van der Waals surface area contributed by atoms with Crippen LogP contribution >= 0.6 is 0 Å². The van der Waals surface area contributed by atoms with Gasteiger partial charge >= 0.3 is 5.97 Å². The van der Waals surface area contributed by atoms with Crippen LogP contribution < -0.4 is 0 Å². The maximum atomic E-state index is 11.7. The van der Waals surface area contributed by atoms with E-state index >= 15 is 0 Å². The van der Waals surface area contributed by atoms with Crippen molar-refractivity contribution in [2.45, 2.75) is 71.4 Å². The minimum Gasteiger partial charge on any atom is -0.457 e. The van der Waals surface area contributed by atoms with Gasteiger partial charge in [0, 0.05) is 12.7 Å². The summed E-state index contributed by atoms with van der Waals surface area (Å²) >= 11 is 0. The molecule has 28 heavy (non-hydrogen) atoms. The van der Waals surface area contributed by atoms with Crippen LogP contribution in [0.5, 0.6) is 0 Å². The van der Waals surface area contributed by atoms with E-state index < -0.39 is 5.60 Å². The average molecular weight is 387 g/mol. The van der Waals surface area contributed by atoms with Gasteiger partial charge in [-0.2, -0.15) is 0 Å². The van der Waals surface area contributed by atoms with E-state index in [0.717, 1.165) is 19.4 Å². The highest BCUT2D eigenvalue weighted by Gasteiger charge is 2.20. The molecule has 0 aromatic heterocycles. The van der Waals surface area contributed by atoms with Crippen LogP contribution in [0.3, 0.4) is 0 Å². The third kappa shape index (κ3) is 9.34. The lowest BCUT2D eigenvalue weighted by Crippen LogP contribution is -2.26. The topological polar surface area (TPSA) is 44.8 Å². The number of hydrogen-bond donors (Lipinski definition) is 0. The molecule has 3 atom stereocenters. The van der Waals surface area contributed by atoms with E-state index in [-0.39, 0.29) is 18.2 Å². The van der Waals surface area contributed by atoms with Gasteiger partial charge in [0.15, 0.2) is 0 Å². The van der Waals surface area contributed by atoms with Gasteiger partial charge in [-0.25, -0.2) is 4.79 Å². The monoisotopic (exact) mass is 386 g/mol. The van der Waals surface area contributed by atoms with Gasteiger partial charge in [-0.15, -0.1) is 0 Å². The molecule has 0 unspecified atom stereocenters. The van der Waals surface area contributed by atoms with Crippen molar-refractivity contribution in [3.63, 3.8) is 0 Å². The molecule has 0 saturated carbocycles. The second-order valence-electron chi connectivity index (χ2n) is 8.47. The summed E-state index contributed by atoms with van der Waals surface area (Å²) in [6.45, 7) is 9.16. The van der Waals surface area contributed by atoms with E-state index in [1.807, 2.05) is 45.0 Å². The van der Waals surface area contributed by atoms with Crippen LogP contribution in [-0.4, -0.2) is 30.4 Å². The lowest BCUT2D eigenvalue weighted by atomic mass is 9.99. The van der Waals surface area contributed by atoms with Crippen LogP contribution in [0.15, 0.2) is 54.6 Å². The molecule has 0 fully saturated rings. The molecule has 0 saturated heterocycles. The first-order valence-corrected chi connectivity index (χ1v) is 10.1. The third-order valence-electron chi connectivity index (χ3n) is 4.33. The standard InChI is InChI=1S/C24H34O4/c1-19(17-26-18-20-10-6-5-7-11-20)16-22-14-8-12-21(27-22)13-9-15-23(25)28-24(2,3)4/h5-12,15,19,21-22H,13-14,16-18H2,1-4H3/b15-9-/t19-,21+,22+/m1/s1.